The summed E-state index contributed by atoms with van der Waals surface area (Å²) in [4.78, 5) is 0. The lowest BCUT2D eigenvalue weighted by Gasteiger charge is -2.09. The molecule has 1 aromatic heterocycles. The molecule has 0 saturated carbocycles. The highest BCUT2D eigenvalue weighted by atomic mass is 16.4. The molecule has 1 heterocycles. The minimum atomic E-state index is -1.48. The van der Waals surface area contributed by atoms with E-state index in [1.807, 2.05) is 36.4 Å². The smallest absolute Gasteiger partial charge is 0.455 e. The molecular weight excluding hydrogens is 395 g/mol. The van der Waals surface area contributed by atoms with Gasteiger partial charge in [0.2, 0.25) is 0 Å². The number of rotatable bonds is 3. The van der Waals surface area contributed by atoms with Gasteiger partial charge in [0.05, 0.1) is 0 Å². The topological polar surface area (TPSA) is 53.6 Å². The fraction of sp³-hybridized carbons (Fsp3) is 0. The first-order valence-electron chi connectivity index (χ1n) is 10.6. The maximum absolute atomic E-state index is 9.45. The van der Waals surface area contributed by atoms with Crippen molar-refractivity contribution in [1.82, 2.24) is 0 Å². The first kappa shape index (κ1) is 18.9. The van der Waals surface area contributed by atoms with Gasteiger partial charge in [-0.1, -0.05) is 91.0 Å². The van der Waals surface area contributed by atoms with E-state index in [2.05, 4.69) is 54.6 Å². The summed E-state index contributed by atoms with van der Waals surface area (Å²) in [5, 5.41) is 23.3. The van der Waals surface area contributed by atoms with Crippen LogP contribution in [0.15, 0.2) is 108 Å². The van der Waals surface area contributed by atoms with E-state index in [1.54, 1.807) is 12.1 Å². The molecule has 0 fully saturated rings. The van der Waals surface area contributed by atoms with Gasteiger partial charge in [0, 0.05) is 16.2 Å². The molecule has 32 heavy (non-hydrogen) atoms. The zero-order valence-electron chi connectivity index (χ0n) is 17.2. The molecule has 0 bridgehead atoms. The summed E-state index contributed by atoms with van der Waals surface area (Å²) >= 11 is 0. The number of hydrogen-bond donors (Lipinski definition) is 2. The van der Waals surface area contributed by atoms with Gasteiger partial charge < -0.3 is 14.5 Å². The van der Waals surface area contributed by atoms with Crippen LogP contribution in [0, 0.1) is 0 Å². The number of hydrogen-bond acceptors (Lipinski definition) is 3. The summed E-state index contributed by atoms with van der Waals surface area (Å²) in [5.74, 6) is 0. The Balaban J connectivity index is 1.70. The molecule has 0 amide bonds. The van der Waals surface area contributed by atoms with Crippen LogP contribution in [0.3, 0.4) is 0 Å². The minimum absolute atomic E-state index is 0.468. The van der Waals surface area contributed by atoms with E-state index in [1.165, 1.54) is 11.1 Å². The van der Waals surface area contributed by atoms with Gasteiger partial charge in [-0.3, -0.25) is 0 Å². The van der Waals surface area contributed by atoms with Crippen LogP contribution in [0.4, 0.5) is 0 Å². The normalized spacial score (nSPS) is 11.4. The van der Waals surface area contributed by atoms with Crippen LogP contribution in [-0.4, -0.2) is 17.2 Å². The van der Waals surface area contributed by atoms with Crippen molar-refractivity contribution in [3.8, 4) is 22.3 Å². The fourth-order valence-corrected chi connectivity index (χ4v) is 4.58. The van der Waals surface area contributed by atoms with Crippen molar-refractivity contribution in [2.24, 2.45) is 0 Å². The number of furan rings is 1. The number of benzene rings is 5. The van der Waals surface area contributed by atoms with Crippen LogP contribution >= 0.6 is 0 Å². The molecular formula is C28H19BO3. The highest BCUT2D eigenvalue weighted by molar-refractivity contribution is 6.58. The third kappa shape index (κ3) is 2.93. The van der Waals surface area contributed by atoms with E-state index in [0.717, 1.165) is 43.8 Å². The lowest BCUT2D eigenvalue weighted by Crippen LogP contribution is -2.29. The Morgan fingerprint density at radius 1 is 0.562 bits per heavy atom. The van der Waals surface area contributed by atoms with Gasteiger partial charge in [-0.15, -0.1) is 0 Å². The Kier molecular flexibility index (Phi) is 4.35. The standard InChI is InChI=1S/C28H19BO3/c30-29(31)20-15-13-19(14-16-20)21-11-6-12-26-27(21)25-17-24(18-7-2-1-3-8-18)22-9-4-5-10-23(22)28(25)32-26/h1-17,30-31H. The average Bonchev–Trinajstić information content (AvgIpc) is 3.23. The van der Waals surface area contributed by atoms with Crippen LogP contribution in [0.2, 0.25) is 0 Å². The molecule has 6 rings (SSSR count). The first-order valence-corrected chi connectivity index (χ1v) is 10.6. The Hall–Kier alpha value is -3.86. The molecule has 0 aliphatic rings. The van der Waals surface area contributed by atoms with Crippen molar-refractivity contribution >= 4 is 45.3 Å². The molecule has 0 aliphatic heterocycles. The zero-order valence-corrected chi connectivity index (χ0v) is 17.2. The fourth-order valence-electron chi connectivity index (χ4n) is 4.58. The summed E-state index contributed by atoms with van der Waals surface area (Å²) in [6.45, 7) is 0. The summed E-state index contributed by atoms with van der Waals surface area (Å²) in [5.41, 5.74) is 6.56. The zero-order chi connectivity index (χ0) is 21.7. The third-order valence-corrected chi connectivity index (χ3v) is 6.11. The van der Waals surface area contributed by atoms with E-state index in [4.69, 9.17) is 4.42 Å². The van der Waals surface area contributed by atoms with Crippen LogP contribution in [0.5, 0.6) is 0 Å². The van der Waals surface area contributed by atoms with E-state index in [9.17, 15) is 10.0 Å². The Bertz CT molecular complexity index is 1580. The lowest BCUT2D eigenvalue weighted by molar-refractivity contribution is 0.426. The summed E-state index contributed by atoms with van der Waals surface area (Å²) < 4.78 is 6.40. The monoisotopic (exact) mass is 414 g/mol. The van der Waals surface area contributed by atoms with Crippen LogP contribution < -0.4 is 5.46 Å². The summed E-state index contributed by atoms with van der Waals surface area (Å²) in [6.07, 6.45) is 0. The van der Waals surface area contributed by atoms with Crippen LogP contribution in [-0.2, 0) is 0 Å². The quantitative estimate of drug-likeness (QED) is 0.363. The van der Waals surface area contributed by atoms with Gasteiger partial charge in [-0.25, -0.2) is 0 Å². The Labute approximate surface area is 185 Å². The van der Waals surface area contributed by atoms with Crippen molar-refractivity contribution in [2.75, 3.05) is 0 Å². The van der Waals surface area contributed by atoms with E-state index in [0.29, 0.717) is 5.46 Å². The maximum Gasteiger partial charge on any atom is 0.488 e. The number of fused-ring (bicyclic) bond motifs is 5. The second-order valence-electron chi connectivity index (χ2n) is 7.99. The SMILES string of the molecule is OB(O)c1ccc(-c2cccc3oc4c5ccccc5c(-c5ccccc5)cc4c23)cc1. The molecule has 0 saturated heterocycles. The molecule has 2 N–H and O–H groups in total. The summed E-state index contributed by atoms with van der Waals surface area (Å²) in [7, 11) is -1.48. The van der Waals surface area contributed by atoms with E-state index in [-0.39, 0.29) is 0 Å². The highest BCUT2D eigenvalue weighted by Gasteiger charge is 2.18. The third-order valence-electron chi connectivity index (χ3n) is 6.11. The first-order chi connectivity index (χ1) is 15.7. The van der Waals surface area contributed by atoms with Crippen molar-refractivity contribution in [3.05, 3.63) is 103 Å². The average molecular weight is 414 g/mol. The predicted octanol–water partition coefficient (Wildman–Crippen LogP) is 5.75. The van der Waals surface area contributed by atoms with Gasteiger partial charge in [0.25, 0.3) is 0 Å². The molecule has 0 unspecified atom stereocenters. The van der Waals surface area contributed by atoms with E-state index >= 15 is 0 Å². The Morgan fingerprint density at radius 2 is 1.25 bits per heavy atom. The maximum atomic E-state index is 9.45. The molecule has 0 spiro atoms. The van der Waals surface area contributed by atoms with Gasteiger partial charge >= 0.3 is 7.12 Å². The van der Waals surface area contributed by atoms with E-state index < -0.39 is 7.12 Å². The molecule has 4 heteroatoms. The van der Waals surface area contributed by atoms with Crippen molar-refractivity contribution in [3.63, 3.8) is 0 Å². The van der Waals surface area contributed by atoms with Gasteiger partial charge in [-0.2, -0.15) is 0 Å². The van der Waals surface area contributed by atoms with Crippen molar-refractivity contribution < 1.29 is 14.5 Å². The van der Waals surface area contributed by atoms with Crippen molar-refractivity contribution in [2.45, 2.75) is 0 Å². The predicted molar refractivity (Wildman–Crippen MR) is 132 cm³/mol. The van der Waals surface area contributed by atoms with Gasteiger partial charge in [0.1, 0.15) is 11.2 Å². The minimum Gasteiger partial charge on any atom is -0.455 e. The molecule has 152 valence electrons. The molecule has 0 aliphatic carbocycles. The molecule has 0 radical (unpaired) electrons. The lowest BCUT2D eigenvalue weighted by atomic mass is 9.79. The second-order valence-corrected chi connectivity index (χ2v) is 7.99. The largest absolute Gasteiger partial charge is 0.488 e. The molecule has 5 aromatic carbocycles. The van der Waals surface area contributed by atoms with Crippen LogP contribution in [0.1, 0.15) is 0 Å². The molecule has 6 aromatic rings. The molecule has 3 nitrogen and oxygen atoms in total. The van der Waals surface area contributed by atoms with Gasteiger partial charge in [-0.05, 0) is 45.2 Å². The van der Waals surface area contributed by atoms with Gasteiger partial charge in [0.15, 0.2) is 0 Å². The summed E-state index contributed by atoms with van der Waals surface area (Å²) in [6, 6.07) is 34.4. The Morgan fingerprint density at radius 3 is 2.00 bits per heavy atom. The second kappa shape index (κ2) is 7.38. The van der Waals surface area contributed by atoms with Crippen molar-refractivity contribution in [1.29, 1.82) is 0 Å². The van der Waals surface area contributed by atoms with Crippen LogP contribution in [0.25, 0.3) is 55.0 Å². The highest BCUT2D eigenvalue weighted by Crippen LogP contribution is 2.42. The molecule has 0 atom stereocenters.